The molecule has 1 atom stereocenters. The molecule has 0 bridgehead atoms. The van der Waals surface area contributed by atoms with E-state index < -0.39 is 0 Å². The van der Waals surface area contributed by atoms with Gasteiger partial charge in [0.1, 0.15) is 11.8 Å². The van der Waals surface area contributed by atoms with Crippen molar-refractivity contribution in [3.8, 4) is 5.75 Å². The summed E-state index contributed by atoms with van der Waals surface area (Å²) >= 11 is 0. The normalized spacial score (nSPS) is 13.3. The molecule has 0 saturated carbocycles. The van der Waals surface area contributed by atoms with Crippen LogP contribution in [0, 0.1) is 25.7 Å². The molecule has 110 valence electrons. The Labute approximate surface area is 117 Å². The van der Waals surface area contributed by atoms with Crippen LogP contribution in [-0.4, -0.2) is 29.0 Å². The van der Waals surface area contributed by atoms with Crippen molar-refractivity contribution >= 4 is 0 Å². The van der Waals surface area contributed by atoms with E-state index in [9.17, 15) is 0 Å². The van der Waals surface area contributed by atoms with Crippen molar-refractivity contribution in [3.63, 3.8) is 0 Å². The van der Waals surface area contributed by atoms with E-state index >= 15 is 0 Å². The van der Waals surface area contributed by atoms with Gasteiger partial charge in [-0.15, -0.1) is 0 Å². The van der Waals surface area contributed by atoms with Gasteiger partial charge in [-0.25, -0.2) is 0 Å². The maximum atomic E-state index is 6.19. The van der Waals surface area contributed by atoms with E-state index in [-0.39, 0.29) is 6.10 Å². The lowest BCUT2D eigenvalue weighted by Crippen LogP contribution is -2.37. The molecule has 1 unspecified atom stereocenters. The molecule has 0 fully saturated rings. The van der Waals surface area contributed by atoms with E-state index in [0.29, 0.717) is 11.8 Å². The second-order valence-electron chi connectivity index (χ2n) is 6.08. The first-order valence-electron chi connectivity index (χ1n) is 7.20. The fraction of sp³-hybridized carbons (Fsp3) is 0.800. The molecule has 0 aliphatic rings. The quantitative estimate of drug-likeness (QED) is 0.825. The summed E-state index contributed by atoms with van der Waals surface area (Å²) in [6, 6.07) is 0. The fourth-order valence-electron chi connectivity index (χ4n) is 2.00. The highest BCUT2D eigenvalue weighted by Gasteiger charge is 2.19. The van der Waals surface area contributed by atoms with Crippen LogP contribution in [-0.2, 0) is 7.05 Å². The smallest absolute Gasteiger partial charge is 0.163 e. The van der Waals surface area contributed by atoms with Crippen LogP contribution >= 0.6 is 0 Å². The van der Waals surface area contributed by atoms with E-state index in [1.807, 2.05) is 25.6 Å². The summed E-state index contributed by atoms with van der Waals surface area (Å²) in [5.41, 5.74) is 2.06. The van der Waals surface area contributed by atoms with Crippen LogP contribution < -0.4 is 10.1 Å². The summed E-state index contributed by atoms with van der Waals surface area (Å²) in [6.07, 6.45) is 0.181. The molecule has 0 aromatic carbocycles. The standard InChI is InChI=1S/C15H29N3O/c1-10(2)8-16-9-14(11(3)4)19-15-12(5)17-18(7)13(15)6/h10-11,14,16H,8-9H2,1-7H3. The number of nitrogens with one attached hydrogen (secondary N) is 1. The lowest BCUT2D eigenvalue weighted by molar-refractivity contribution is 0.146. The molecule has 0 saturated heterocycles. The van der Waals surface area contributed by atoms with Crippen LogP contribution in [0.1, 0.15) is 39.1 Å². The molecule has 1 rings (SSSR count). The third kappa shape index (κ3) is 4.53. The summed E-state index contributed by atoms with van der Waals surface area (Å²) in [6.45, 7) is 14.8. The van der Waals surface area contributed by atoms with Crippen molar-refractivity contribution in [3.05, 3.63) is 11.4 Å². The lowest BCUT2D eigenvalue weighted by atomic mass is 10.1. The molecule has 0 amide bonds. The van der Waals surface area contributed by atoms with Gasteiger partial charge in [-0.2, -0.15) is 5.10 Å². The van der Waals surface area contributed by atoms with E-state index in [1.54, 1.807) is 0 Å². The topological polar surface area (TPSA) is 39.1 Å². The van der Waals surface area contributed by atoms with Gasteiger partial charge in [-0.3, -0.25) is 4.68 Å². The van der Waals surface area contributed by atoms with Crippen molar-refractivity contribution < 1.29 is 4.74 Å². The number of hydrogen-bond donors (Lipinski definition) is 1. The third-order valence-electron chi connectivity index (χ3n) is 3.35. The number of ether oxygens (including phenoxy) is 1. The number of hydrogen-bond acceptors (Lipinski definition) is 3. The first-order chi connectivity index (χ1) is 8.82. The number of aromatic nitrogens is 2. The molecule has 0 aliphatic carbocycles. The molecular weight excluding hydrogens is 238 g/mol. The van der Waals surface area contributed by atoms with Gasteiger partial charge in [0.2, 0.25) is 0 Å². The van der Waals surface area contributed by atoms with Crippen LogP contribution in [0.4, 0.5) is 0 Å². The second-order valence-corrected chi connectivity index (χ2v) is 6.08. The lowest BCUT2D eigenvalue weighted by Gasteiger charge is -2.23. The molecule has 19 heavy (non-hydrogen) atoms. The summed E-state index contributed by atoms with van der Waals surface area (Å²) in [5.74, 6) is 2.07. The number of nitrogens with zero attached hydrogens (tertiary/aromatic N) is 2. The molecule has 1 heterocycles. The largest absolute Gasteiger partial charge is 0.485 e. The van der Waals surface area contributed by atoms with Crippen molar-refractivity contribution in [2.75, 3.05) is 13.1 Å². The average Bonchev–Trinajstić information content (AvgIpc) is 2.53. The van der Waals surface area contributed by atoms with Crippen LogP contribution in [0.5, 0.6) is 5.75 Å². The van der Waals surface area contributed by atoms with Gasteiger partial charge < -0.3 is 10.1 Å². The van der Waals surface area contributed by atoms with E-state index in [0.717, 1.165) is 30.2 Å². The van der Waals surface area contributed by atoms with E-state index in [2.05, 4.69) is 38.1 Å². The van der Waals surface area contributed by atoms with E-state index in [4.69, 9.17) is 4.74 Å². The molecule has 1 aromatic rings. The van der Waals surface area contributed by atoms with Gasteiger partial charge in [0.05, 0.1) is 5.69 Å². The minimum absolute atomic E-state index is 0.181. The zero-order valence-electron chi connectivity index (χ0n) is 13.4. The second kappa shape index (κ2) is 6.94. The van der Waals surface area contributed by atoms with Crippen molar-refractivity contribution in [1.29, 1.82) is 0 Å². The Kier molecular flexibility index (Phi) is 5.85. The van der Waals surface area contributed by atoms with Crippen molar-refractivity contribution in [2.24, 2.45) is 18.9 Å². The van der Waals surface area contributed by atoms with Crippen molar-refractivity contribution in [1.82, 2.24) is 15.1 Å². The summed E-state index contributed by atoms with van der Waals surface area (Å²) < 4.78 is 8.07. The maximum absolute atomic E-state index is 6.19. The Morgan fingerprint density at radius 2 is 1.79 bits per heavy atom. The molecule has 1 N–H and O–H groups in total. The highest BCUT2D eigenvalue weighted by atomic mass is 16.5. The predicted octanol–water partition coefficient (Wildman–Crippen LogP) is 2.69. The van der Waals surface area contributed by atoms with Crippen LogP contribution in [0.15, 0.2) is 0 Å². The minimum Gasteiger partial charge on any atom is -0.485 e. The Balaban J connectivity index is 2.67. The number of rotatable bonds is 7. The molecule has 0 aliphatic heterocycles. The van der Waals surface area contributed by atoms with Gasteiger partial charge >= 0.3 is 0 Å². The van der Waals surface area contributed by atoms with Crippen LogP contribution in [0.25, 0.3) is 0 Å². The Morgan fingerprint density at radius 1 is 1.16 bits per heavy atom. The molecular formula is C15H29N3O. The summed E-state index contributed by atoms with van der Waals surface area (Å²) in [4.78, 5) is 0. The first-order valence-corrected chi connectivity index (χ1v) is 7.20. The summed E-state index contributed by atoms with van der Waals surface area (Å²) in [7, 11) is 1.95. The maximum Gasteiger partial charge on any atom is 0.163 e. The average molecular weight is 267 g/mol. The predicted molar refractivity (Wildman–Crippen MR) is 79.6 cm³/mol. The Morgan fingerprint density at radius 3 is 2.21 bits per heavy atom. The highest BCUT2D eigenvalue weighted by Crippen LogP contribution is 2.24. The van der Waals surface area contributed by atoms with Gasteiger partial charge in [0.25, 0.3) is 0 Å². The van der Waals surface area contributed by atoms with Gasteiger partial charge in [0, 0.05) is 13.6 Å². The van der Waals surface area contributed by atoms with E-state index in [1.165, 1.54) is 0 Å². The van der Waals surface area contributed by atoms with Crippen LogP contribution in [0.3, 0.4) is 0 Å². The van der Waals surface area contributed by atoms with Crippen LogP contribution in [0.2, 0.25) is 0 Å². The molecule has 0 spiro atoms. The number of aryl methyl sites for hydroxylation is 2. The first kappa shape index (κ1) is 16.0. The Bertz CT molecular complexity index is 396. The molecule has 1 aromatic heterocycles. The van der Waals surface area contributed by atoms with Crippen molar-refractivity contribution in [2.45, 2.75) is 47.6 Å². The van der Waals surface area contributed by atoms with Gasteiger partial charge in [0.15, 0.2) is 5.75 Å². The van der Waals surface area contributed by atoms with Gasteiger partial charge in [-0.1, -0.05) is 27.7 Å². The minimum atomic E-state index is 0.181. The zero-order valence-corrected chi connectivity index (χ0v) is 13.4. The molecule has 0 radical (unpaired) electrons. The highest BCUT2D eigenvalue weighted by molar-refractivity contribution is 5.32. The summed E-state index contributed by atoms with van der Waals surface area (Å²) in [5, 5.41) is 7.88. The monoisotopic (exact) mass is 267 g/mol. The third-order valence-corrected chi connectivity index (χ3v) is 3.35. The SMILES string of the molecule is Cc1nn(C)c(C)c1OC(CNCC(C)C)C(C)C. The van der Waals surface area contributed by atoms with Gasteiger partial charge in [-0.05, 0) is 32.2 Å². The molecule has 4 nitrogen and oxygen atoms in total. The Hall–Kier alpha value is -1.03. The zero-order chi connectivity index (χ0) is 14.6. The molecule has 4 heteroatoms. The fourth-order valence-corrected chi connectivity index (χ4v) is 2.00.